The molecule has 1 aromatic rings. The lowest BCUT2D eigenvalue weighted by molar-refractivity contribution is 0.0986. The van der Waals surface area contributed by atoms with E-state index in [2.05, 4.69) is 32.9 Å². The van der Waals surface area contributed by atoms with Gasteiger partial charge in [-0.2, -0.15) is 0 Å². The first-order valence-electron chi connectivity index (χ1n) is 6.44. The quantitative estimate of drug-likeness (QED) is 0.893. The van der Waals surface area contributed by atoms with E-state index in [9.17, 15) is 0 Å². The monoisotopic (exact) mass is 253 g/mol. The van der Waals surface area contributed by atoms with Crippen molar-refractivity contribution in [2.45, 2.75) is 57.6 Å². The Morgan fingerprint density at radius 2 is 2.24 bits per heavy atom. The Balaban J connectivity index is 1.99. The fraction of sp³-hybridized carbons (Fsp3) is 0.714. The van der Waals surface area contributed by atoms with Crippen molar-refractivity contribution in [2.24, 2.45) is 5.73 Å². The van der Waals surface area contributed by atoms with Crippen molar-refractivity contribution in [2.75, 3.05) is 6.61 Å². The maximum atomic E-state index is 6.26. The summed E-state index contributed by atoms with van der Waals surface area (Å²) < 4.78 is 5.64. The zero-order valence-corrected chi connectivity index (χ0v) is 11.8. The second kappa shape index (κ2) is 5.09. The van der Waals surface area contributed by atoms with Crippen LogP contribution in [0.1, 0.15) is 55.8 Å². The summed E-state index contributed by atoms with van der Waals surface area (Å²) in [7, 11) is 0. The standard InChI is InChI=1S/C14H23NOS/c1-14(2,3)13-7-6-12(17-13)11(15)9-10-5-4-8-16-10/h6-7,10-11H,4-5,8-9,15H2,1-3H3. The largest absolute Gasteiger partial charge is 0.378 e. The van der Waals surface area contributed by atoms with Crippen LogP contribution < -0.4 is 5.73 Å². The minimum absolute atomic E-state index is 0.138. The molecule has 1 aliphatic rings. The molecule has 17 heavy (non-hydrogen) atoms. The second-order valence-corrected chi connectivity index (χ2v) is 7.04. The van der Waals surface area contributed by atoms with Crippen molar-refractivity contribution in [3.63, 3.8) is 0 Å². The molecular weight excluding hydrogens is 230 g/mol. The molecule has 2 nitrogen and oxygen atoms in total. The maximum absolute atomic E-state index is 6.26. The average Bonchev–Trinajstić information content (AvgIpc) is 2.85. The van der Waals surface area contributed by atoms with Gasteiger partial charge >= 0.3 is 0 Å². The van der Waals surface area contributed by atoms with Crippen LogP contribution >= 0.6 is 11.3 Å². The van der Waals surface area contributed by atoms with Crippen molar-refractivity contribution in [1.29, 1.82) is 0 Å². The summed E-state index contributed by atoms with van der Waals surface area (Å²) >= 11 is 1.85. The van der Waals surface area contributed by atoms with Gasteiger partial charge in [0.25, 0.3) is 0 Å². The van der Waals surface area contributed by atoms with Crippen molar-refractivity contribution in [3.8, 4) is 0 Å². The maximum Gasteiger partial charge on any atom is 0.0594 e. The Bertz CT molecular complexity index is 361. The van der Waals surface area contributed by atoms with Crippen molar-refractivity contribution < 1.29 is 4.74 Å². The number of ether oxygens (including phenoxy) is 1. The van der Waals surface area contributed by atoms with Crippen molar-refractivity contribution in [3.05, 3.63) is 21.9 Å². The van der Waals surface area contributed by atoms with Gasteiger partial charge in [-0.15, -0.1) is 11.3 Å². The molecule has 0 amide bonds. The number of rotatable bonds is 3. The van der Waals surface area contributed by atoms with Crippen LogP contribution in [0.15, 0.2) is 12.1 Å². The predicted octanol–water partition coefficient (Wildman–Crippen LogP) is 3.61. The fourth-order valence-electron chi connectivity index (χ4n) is 2.18. The first-order chi connectivity index (χ1) is 7.97. The minimum atomic E-state index is 0.138. The first kappa shape index (κ1) is 13.1. The first-order valence-corrected chi connectivity index (χ1v) is 7.26. The van der Waals surface area contributed by atoms with E-state index in [4.69, 9.17) is 10.5 Å². The van der Waals surface area contributed by atoms with Gasteiger partial charge in [-0.25, -0.2) is 0 Å². The van der Waals surface area contributed by atoms with E-state index in [0.717, 1.165) is 13.0 Å². The smallest absolute Gasteiger partial charge is 0.0594 e. The van der Waals surface area contributed by atoms with Crippen molar-refractivity contribution in [1.82, 2.24) is 0 Å². The highest BCUT2D eigenvalue weighted by molar-refractivity contribution is 7.12. The average molecular weight is 253 g/mol. The highest BCUT2D eigenvalue weighted by Crippen LogP contribution is 2.33. The summed E-state index contributed by atoms with van der Waals surface area (Å²) in [4.78, 5) is 2.71. The molecule has 1 aromatic heterocycles. The molecule has 2 N–H and O–H groups in total. The van der Waals surface area contributed by atoms with Crippen molar-refractivity contribution >= 4 is 11.3 Å². The molecule has 0 aromatic carbocycles. The summed E-state index contributed by atoms with van der Waals surface area (Å²) in [6.45, 7) is 7.64. The van der Waals surface area contributed by atoms with E-state index < -0.39 is 0 Å². The Hall–Kier alpha value is -0.380. The summed E-state index contributed by atoms with van der Waals surface area (Å²) in [5.74, 6) is 0. The van der Waals surface area contributed by atoms with E-state index in [0.29, 0.717) is 6.10 Å². The van der Waals surface area contributed by atoms with Gasteiger partial charge in [0.1, 0.15) is 0 Å². The molecule has 2 atom stereocenters. The lowest BCUT2D eigenvalue weighted by atomic mass is 9.95. The molecule has 1 fully saturated rings. The SMILES string of the molecule is CC(C)(C)c1ccc(C(N)CC2CCCO2)s1. The van der Waals surface area contributed by atoms with Gasteiger partial charge in [-0.3, -0.25) is 0 Å². The summed E-state index contributed by atoms with van der Waals surface area (Å²) in [5.41, 5.74) is 6.49. The Morgan fingerprint density at radius 3 is 2.76 bits per heavy atom. The van der Waals surface area contributed by atoms with E-state index >= 15 is 0 Å². The van der Waals surface area contributed by atoms with Gasteiger partial charge in [0.2, 0.25) is 0 Å². The molecule has 3 heteroatoms. The van der Waals surface area contributed by atoms with E-state index in [1.54, 1.807) is 0 Å². The minimum Gasteiger partial charge on any atom is -0.378 e. The van der Waals surface area contributed by atoms with Crippen LogP contribution in [-0.4, -0.2) is 12.7 Å². The van der Waals surface area contributed by atoms with Gasteiger partial charge in [-0.05, 0) is 36.8 Å². The number of hydrogen-bond donors (Lipinski definition) is 1. The highest BCUT2D eigenvalue weighted by Gasteiger charge is 2.22. The molecule has 96 valence electrons. The molecule has 2 heterocycles. The van der Waals surface area contributed by atoms with Crippen LogP contribution in [0.3, 0.4) is 0 Å². The Labute approximate surface area is 108 Å². The van der Waals surface area contributed by atoms with Crippen LogP contribution in [0.4, 0.5) is 0 Å². The van der Waals surface area contributed by atoms with E-state index in [1.165, 1.54) is 22.6 Å². The Kier molecular flexibility index (Phi) is 3.91. The molecule has 2 rings (SSSR count). The molecule has 0 saturated carbocycles. The number of nitrogens with two attached hydrogens (primary N) is 1. The molecule has 1 saturated heterocycles. The zero-order chi connectivity index (χ0) is 12.5. The van der Waals surface area contributed by atoms with Crippen LogP contribution in [0.25, 0.3) is 0 Å². The lowest BCUT2D eigenvalue weighted by Crippen LogP contribution is -2.17. The summed E-state index contributed by atoms with van der Waals surface area (Å²) in [6, 6.07) is 4.54. The van der Waals surface area contributed by atoms with Gasteiger partial charge in [-0.1, -0.05) is 20.8 Å². The van der Waals surface area contributed by atoms with Crippen LogP contribution in [0.2, 0.25) is 0 Å². The molecule has 2 unspecified atom stereocenters. The molecule has 0 bridgehead atoms. The van der Waals surface area contributed by atoms with Gasteiger partial charge in [0.15, 0.2) is 0 Å². The summed E-state index contributed by atoms with van der Waals surface area (Å²) in [6.07, 6.45) is 3.70. The third-order valence-electron chi connectivity index (χ3n) is 3.27. The normalized spacial score (nSPS) is 22.9. The molecule has 0 spiro atoms. The topological polar surface area (TPSA) is 35.2 Å². The van der Waals surface area contributed by atoms with Gasteiger partial charge in [0.05, 0.1) is 6.10 Å². The van der Waals surface area contributed by atoms with E-state index in [1.807, 2.05) is 11.3 Å². The number of hydrogen-bond acceptors (Lipinski definition) is 3. The molecule has 1 aliphatic heterocycles. The number of thiophene rings is 1. The zero-order valence-electron chi connectivity index (χ0n) is 11.0. The molecule has 0 radical (unpaired) electrons. The van der Waals surface area contributed by atoms with Crippen LogP contribution in [0, 0.1) is 0 Å². The lowest BCUT2D eigenvalue weighted by Gasteiger charge is -2.17. The van der Waals surface area contributed by atoms with Gasteiger partial charge < -0.3 is 10.5 Å². The second-order valence-electron chi connectivity index (χ2n) is 5.93. The van der Waals surface area contributed by atoms with Gasteiger partial charge in [0, 0.05) is 22.4 Å². The molecule has 0 aliphatic carbocycles. The van der Waals surface area contributed by atoms with Crippen LogP contribution in [-0.2, 0) is 10.2 Å². The predicted molar refractivity (Wildman–Crippen MR) is 73.5 cm³/mol. The Morgan fingerprint density at radius 1 is 1.47 bits per heavy atom. The fourth-order valence-corrected chi connectivity index (χ4v) is 3.26. The molecular formula is C14H23NOS. The summed E-state index contributed by atoms with van der Waals surface area (Å²) in [5, 5.41) is 0. The third kappa shape index (κ3) is 3.30. The third-order valence-corrected chi connectivity index (χ3v) is 4.92. The highest BCUT2D eigenvalue weighted by atomic mass is 32.1. The van der Waals surface area contributed by atoms with Crippen LogP contribution in [0.5, 0.6) is 0 Å². The van der Waals surface area contributed by atoms with E-state index in [-0.39, 0.29) is 11.5 Å².